The van der Waals surface area contributed by atoms with E-state index in [0.717, 1.165) is 26.5 Å². The second kappa shape index (κ2) is 6.80. The average molecular weight is 314 g/mol. The van der Waals surface area contributed by atoms with E-state index < -0.39 is 5.54 Å². The molecule has 3 heteroatoms. The first-order valence-corrected chi connectivity index (χ1v) is 7.57. The number of hydrogen-bond acceptors (Lipinski definition) is 1. The lowest BCUT2D eigenvalue weighted by Crippen LogP contribution is -2.29. The van der Waals surface area contributed by atoms with Crippen molar-refractivity contribution >= 4 is 30.0 Å². The highest BCUT2D eigenvalue weighted by atomic mass is 35.5. The first-order chi connectivity index (χ1) is 10.3. The van der Waals surface area contributed by atoms with Gasteiger partial charge in [0.25, 0.3) is 0 Å². The zero-order valence-corrected chi connectivity index (χ0v) is 13.8. The maximum absolute atomic E-state index is 11.9. The van der Waals surface area contributed by atoms with Gasteiger partial charge in [-0.15, -0.1) is 0 Å². The van der Waals surface area contributed by atoms with Crippen molar-refractivity contribution in [2.75, 3.05) is 0 Å². The lowest BCUT2D eigenvalue weighted by Gasteiger charge is -2.18. The van der Waals surface area contributed by atoms with Gasteiger partial charge in [0, 0.05) is 31.4 Å². The Morgan fingerprint density at radius 3 is 1.68 bits per heavy atom. The molecule has 0 aromatic heterocycles. The molecule has 22 heavy (non-hydrogen) atoms. The van der Waals surface area contributed by atoms with E-state index in [1.807, 2.05) is 81.5 Å². The maximum Gasteiger partial charge on any atom is 0.182 e. The van der Waals surface area contributed by atoms with Crippen LogP contribution in [0.4, 0.5) is 0 Å². The Balaban J connectivity index is 2.11. The Labute approximate surface area is 137 Å². The largest absolute Gasteiger partial charge is 0.623 e. The van der Waals surface area contributed by atoms with Crippen LogP contribution in [0.2, 0.25) is 5.02 Å². The molecule has 0 unspecified atom stereocenters. The molecule has 2 aromatic carbocycles. The summed E-state index contributed by atoms with van der Waals surface area (Å²) in [5.74, 6) is 0. The molecule has 0 aliphatic rings. The topological polar surface area (TPSA) is 26.1 Å². The van der Waals surface area contributed by atoms with Crippen LogP contribution in [-0.2, 0) is 0 Å². The summed E-state index contributed by atoms with van der Waals surface area (Å²) in [7, 11) is 0. The van der Waals surface area contributed by atoms with Crippen molar-refractivity contribution in [2.24, 2.45) is 0 Å². The molecule has 0 saturated carbocycles. The van der Waals surface area contributed by atoms with Gasteiger partial charge in [-0.05, 0) is 35.4 Å². The average Bonchev–Trinajstić information content (AvgIpc) is 2.47. The van der Waals surface area contributed by atoms with Crippen molar-refractivity contribution < 1.29 is 4.74 Å². The van der Waals surface area contributed by atoms with Gasteiger partial charge in [0.05, 0.1) is 0 Å². The van der Waals surface area contributed by atoms with Crippen molar-refractivity contribution in [2.45, 2.75) is 26.3 Å². The van der Waals surface area contributed by atoms with Crippen LogP contribution in [0.3, 0.4) is 0 Å². The Morgan fingerprint density at radius 1 is 0.818 bits per heavy atom. The molecule has 0 aliphatic carbocycles. The molecule has 0 bridgehead atoms. The van der Waals surface area contributed by atoms with E-state index >= 15 is 0 Å². The molecule has 2 rings (SSSR count). The van der Waals surface area contributed by atoms with Crippen LogP contribution in [0, 0.1) is 5.21 Å². The van der Waals surface area contributed by atoms with Crippen LogP contribution in [0.1, 0.15) is 37.5 Å². The number of rotatable bonds is 3. The van der Waals surface area contributed by atoms with Crippen molar-refractivity contribution in [3.8, 4) is 0 Å². The van der Waals surface area contributed by atoms with Crippen LogP contribution in [0.5, 0.6) is 0 Å². The van der Waals surface area contributed by atoms with E-state index in [2.05, 4.69) is 0 Å². The van der Waals surface area contributed by atoms with Crippen molar-refractivity contribution in [1.29, 1.82) is 0 Å². The van der Waals surface area contributed by atoms with Gasteiger partial charge in [-0.25, -0.2) is 4.74 Å². The summed E-state index contributed by atoms with van der Waals surface area (Å²) in [6.45, 7) is 5.67. The summed E-state index contributed by atoms with van der Waals surface area (Å²) in [5, 5.41) is 12.6. The summed E-state index contributed by atoms with van der Waals surface area (Å²) >= 11 is 5.86. The van der Waals surface area contributed by atoms with E-state index in [-0.39, 0.29) is 0 Å². The SMILES string of the molecule is CC(C)(C)/[N+]([O-])=C/c1ccc(/C=C/c2ccc(Cl)cc2)cc1. The second-order valence-corrected chi connectivity index (χ2v) is 6.61. The Hall–Kier alpha value is -2.06. The van der Waals surface area contributed by atoms with E-state index in [4.69, 9.17) is 11.6 Å². The molecule has 0 amide bonds. The molecule has 2 nitrogen and oxygen atoms in total. The molecule has 0 atom stereocenters. The van der Waals surface area contributed by atoms with E-state index in [1.54, 1.807) is 6.21 Å². The van der Waals surface area contributed by atoms with Gasteiger partial charge in [-0.1, -0.05) is 48.0 Å². The molecule has 2 aromatic rings. The molecule has 0 fully saturated rings. The number of hydrogen-bond donors (Lipinski definition) is 0. The predicted molar refractivity (Wildman–Crippen MR) is 95.4 cm³/mol. The predicted octanol–water partition coefficient (Wildman–Crippen LogP) is 5.24. The molecular formula is C19H20ClNO. The fourth-order valence-electron chi connectivity index (χ4n) is 1.79. The highest BCUT2D eigenvalue weighted by molar-refractivity contribution is 6.30. The number of hydroxylamine groups is 1. The minimum Gasteiger partial charge on any atom is -0.623 e. The van der Waals surface area contributed by atoms with Gasteiger partial charge in [0.2, 0.25) is 0 Å². The first kappa shape index (κ1) is 16.3. The second-order valence-electron chi connectivity index (χ2n) is 6.18. The lowest BCUT2D eigenvalue weighted by atomic mass is 10.1. The van der Waals surface area contributed by atoms with Gasteiger partial charge in [0.15, 0.2) is 11.8 Å². The standard InChI is InChI=1S/C19H20ClNO/c1-19(2,3)21(22)14-17-8-6-15(7-9-17)4-5-16-10-12-18(20)13-11-16/h4-14H,1-3H3/b5-4+,21-14-. The van der Waals surface area contributed by atoms with E-state index in [1.165, 1.54) is 0 Å². The van der Waals surface area contributed by atoms with Gasteiger partial charge in [0.1, 0.15) is 0 Å². The highest BCUT2D eigenvalue weighted by Gasteiger charge is 2.17. The zero-order valence-electron chi connectivity index (χ0n) is 13.1. The molecule has 0 aliphatic heterocycles. The third-order valence-corrected chi connectivity index (χ3v) is 3.45. The van der Waals surface area contributed by atoms with Crippen molar-refractivity contribution in [3.63, 3.8) is 0 Å². The summed E-state index contributed by atoms with van der Waals surface area (Å²) in [6.07, 6.45) is 5.68. The van der Waals surface area contributed by atoms with Gasteiger partial charge in [-0.3, -0.25) is 0 Å². The zero-order chi connectivity index (χ0) is 16.2. The van der Waals surface area contributed by atoms with Gasteiger partial charge < -0.3 is 5.21 Å². The van der Waals surface area contributed by atoms with Crippen LogP contribution in [-0.4, -0.2) is 16.5 Å². The molecule has 0 radical (unpaired) electrons. The summed E-state index contributed by atoms with van der Waals surface area (Å²) in [6, 6.07) is 15.6. The molecule has 0 N–H and O–H groups in total. The monoisotopic (exact) mass is 313 g/mol. The van der Waals surface area contributed by atoms with Crippen molar-refractivity contribution in [1.82, 2.24) is 0 Å². The quantitative estimate of drug-likeness (QED) is 0.250. The number of benzene rings is 2. The van der Waals surface area contributed by atoms with Crippen LogP contribution in [0.25, 0.3) is 12.2 Å². The highest BCUT2D eigenvalue weighted by Crippen LogP contribution is 2.13. The molecule has 0 heterocycles. The number of halogens is 1. The first-order valence-electron chi connectivity index (χ1n) is 7.20. The number of nitrogens with zero attached hydrogens (tertiary/aromatic N) is 1. The minimum absolute atomic E-state index is 0.423. The van der Waals surface area contributed by atoms with E-state index in [9.17, 15) is 5.21 Å². The maximum atomic E-state index is 11.9. The van der Waals surface area contributed by atoms with Crippen LogP contribution < -0.4 is 0 Å². The fraction of sp³-hybridized carbons (Fsp3) is 0.211. The Kier molecular flexibility index (Phi) is 5.04. The Morgan fingerprint density at radius 2 is 1.23 bits per heavy atom. The summed E-state index contributed by atoms with van der Waals surface area (Å²) in [5.41, 5.74) is 2.65. The summed E-state index contributed by atoms with van der Waals surface area (Å²) in [4.78, 5) is 0. The van der Waals surface area contributed by atoms with Gasteiger partial charge >= 0.3 is 0 Å². The minimum atomic E-state index is -0.423. The third-order valence-electron chi connectivity index (χ3n) is 3.20. The van der Waals surface area contributed by atoms with Crippen LogP contribution in [0.15, 0.2) is 48.5 Å². The normalized spacial score (nSPS) is 12.8. The van der Waals surface area contributed by atoms with Crippen molar-refractivity contribution in [3.05, 3.63) is 75.5 Å². The molecular weight excluding hydrogens is 294 g/mol. The van der Waals surface area contributed by atoms with Crippen LogP contribution >= 0.6 is 11.6 Å². The molecule has 0 spiro atoms. The Bertz CT molecular complexity index is 677. The smallest absolute Gasteiger partial charge is 0.182 e. The fourth-order valence-corrected chi connectivity index (χ4v) is 1.91. The van der Waals surface area contributed by atoms with E-state index in [0.29, 0.717) is 0 Å². The summed E-state index contributed by atoms with van der Waals surface area (Å²) < 4.78 is 0.978. The lowest BCUT2D eigenvalue weighted by molar-refractivity contribution is -0.530. The third kappa shape index (κ3) is 4.74. The molecule has 114 valence electrons. The molecule has 0 saturated heterocycles. The van der Waals surface area contributed by atoms with Gasteiger partial charge in [-0.2, -0.15) is 0 Å².